The summed E-state index contributed by atoms with van der Waals surface area (Å²) in [4.78, 5) is 13.1. The van der Waals surface area contributed by atoms with Crippen molar-refractivity contribution in [3.05, 3.63) is 65.4 Å². The first-order chi connectivity index (χ1) is 14.8. The van der Waals surface area contributed by atoms with Crippen molar-refractivity contribution in [1.29, 1.82) is 0 Å². The summed E-state index contributed by atoms with van der Waals surface area (Å²) in [5.74, 6) is -0.156. The highest BCUT2D eigenvalue weighted by molar-refractivity contribution is 7.99. The van der Waals surface area contributed by atoms with Gasteiger partial charge in [0.2, 0.25) is 0 Å². The number of halogens is 4. The van der Waals surface area contributed by atoms with Crippen molar-refractivity contribution >= 4 is 40.3 Å². The van der Waals surface area contributed by atoms with Crippen molar-refractivity contribution < 1.29 is 17.9 Å². The number of fused-ring (bicyclic) bond motifs is 1. The Morgan fingerprint density at radius 3 is 2.61 bits per heavy atom. The van der Waals surface area contributed by atoms with E-state index in [1.807, 2.05) is 34.9 Å². The number of benzene rings is 2. The first kappa shape index (κ1) is 21.3. The first-order valence-corrected chi connectivity index (χ1v) is 10.2. The molecule has 11 heteroatoms. The quantitative estimate of drug-likeness (QED) is 0.413. The van der Waals surface area contributed by atoms with Gasteiger partial charge in [0.05, 0.1) is 5.02 Å². The normalized spacial score (nSPS) is 11.7. The smallest absolute Gasteiger partial charge is 0.406 e. The molecule has 4 aromatic rings. The zero-order valence-electron chi connectivity index (χ0n) is 15.8. The molecule has 2 aromatic carbocycles. The number of aromatic nitrogens is 4. The van der Waals surface area contributed by atoms with Crippen LogP contribution in [0.5, 0.6) is 5.75 Å². The molecule has 160 valence electrons. The molecular formula is C20H15ClF3N5OS. The minimum absolute atomic E-state index is 0.213. The van der Waals surface area contributed by atoms with Gasteiger partial charge < -0.3 is 15.0 Å². The van der Waals surface area contributed by atoms with E-state index in [0.29, 0.717) is 34.2 Å². The lowest BCUT2D eigenvalue weighted by atomic mass is 10.1. The Bertz CT molecular complexity index is 1220. The average Bonchev–Trinajstić information content (AvgIpc) is 3.07. The lowest BCUT2D eigenvalue weighted by molar-refractivity contribution is -0.274. The minimum atomic E-state index is -4.80. The van der Waals surface area contributed by atoms with Gasteiger partial charge in [0.15, 0.2) is 22.1 Å². The molecular weight excluding hydrogens is 451 g/mol. The Morgan fingerprint density at radius 2 is 1.87 bits per heavy atom. The molecule has 2 N–H and O–H groups in total. The van der Waals surface area contributed by atoms with Crippen molar-refractivity contribution in [3.63, 3.8) is 0 Å². The maximum absolute atomic E-state index is 12.6. The molecule has 0 amide bonds. The summed E-state index contributed by atoms with van der Waals surface area (Å²) in [6, 6.07) is 13.6. The van der Waals surface area contributed by atoms with Crippen molar-refractivity contribution in [2.24, 2.45) is 0 Å². The van der Waals surface area contributed by atoms with E-state index < -0.39 is 6.36 Å². The van der Waals surface area contributed by atoms with Gasteiger partial charge in [-0.2, -0.15) is 0 Å². The summed E-state index contributed by atoms with van der Waals surface area (Å²) in [5.41, 5.74) is 8.01. The van der Waals surface area contributed by atoms with E-state index in [-0.39, 0.29) is 16.6 Å². The van der Waals surface area contributed by atoms with Crippen LogP contribution in [0.3, 0.4) is 0 Å². The molecule has 4 rings (SSSR count). The van der Waals surface area contributed by atoms with Crippen LogP contribution in [0.1, 0.15) is 5.56 Å². The molecule has 0 atom stereocenters. The predicted octanol–water partition coefficient (Wildman–Crippen LogP) is 5.35. The number of alkyl halides is 3. The summed E-state index contributed by atoms with van der Waals surface area (Å²) in [5, 5.41) is 0.740. The number of nitrogen functional groups attached to an aromatic ring is 1. The second-order valence-electron chi connectivity index (χ2n) is 6.45. The number of aryl methyl sites for hydroxylation is 2. The summed E-state index contributed by atoms with van der Waals surface area (Å²) < 4.78 is 43.7. The van der Waals surface area contributed by atoms with Crippen molar-refractivity contribution in [2.45, 2.75) is 29.4 Å². The summed E-state index contributed by atoms with van der Waals surface area (Å²) in [6.45, 7) is 0.523. The van der Waals surface area contributed by atoms with Crippen LogP contribution in [-0.2, 0) is 13.0 Å². The molecule has 0 radical (unpaired) electrons. The average molecular weight is 466 g/mol. The first-order valence-electron chi connectivity index (χ1n) is 9.04. The SMILES string of the molecule is Nc1ncnc2c1nc(Sc1cc(OC(F)(F)F)ccc1Cl)n2CCc1ccccc1. The zero-order chi connectivity index (χ0) is 22.0. The Balaban J connectivity index is 1.70. The van der Waals surface area contributed by atoms with E-state index >= 15 is 0 Å². The van der Waals surface area contributed by atoms with Gasteiger partial charge in [-0.05, 0) is 41.9 Å². The van der Waals surface area contributed by atoms with Crippen molar-refractivity contribution in [1.82, 2.24) is 19.5 Å². The standard InChI is InChI=1S/C20H15ClF3N5OS/c21-14-7-6-13(30-20(22,23)24)10-15(14)31-19-28-16-17(25)26-11-27-18(16)29(19)9-8-12-4-2-1-3-5-12/h1-7,10-11H,8-9H2,(H2,25,26,27). The Kier molecular flexibility index (Phi) is 5.92. The highest BCUT2D eigenvalue weighted by Gasteiger charge is 2.31. The molecule has 0 bridgehead atoms. The Labute approximate surface area is 184 Å². The van der Waals surface area contributed by atoms with E-state index in [4.69, 9.17) is 17.3 Å². The lowest BCUT2D eigenvalue weighted by Crippen LogP contribution is -2.17. The van der Waals surface area contributed by atoms with Gasteiger partial charge in [0.25, 0.3) is 0 Å². The number of nitrogens with zero attached hydrogens (tertiary/aromatic N) is 4. The molecule has 2 aromatic heterocycles. The van der Waals surface area contributed by atoms with Crippen LogP contribution < -0.4 is 10.5 Å². The summed E-state index contributed by atoms with van der Waals surface area (Å²) >= 11 is 7.33. The number of anilines is 1. The van der Waals surface area contributed by atoms with Crippen LogP contribution in [-0.4, -0.2) is 25.9 Å². The third-order valence-corrected chi connectivity index (χ3v) is 5.82. The van der Waals surface area contributed by atoms with Gasteiger partial charge in [0, 0.05) is 11.4 Å². The Hall–Kier alpha value is -2.98. The lowest BCUT2D eigenvalue weighted by Gasteiger charge is -2.12. The van der Waals surface area contributed by atoms with Crippen molar-refractivity contribution in [2.75, 3.05) is 5.73 Å². The van der Waals surface area contributed by atoms with E-state index in [1.54, 1.807) is 0 Å². The van der Waals surface area contributed by atoms with Crippen LogP contribution in [0.15, 0.2) is 64.9 Å². The predicted molar refractivity (Wildman–Crippen MR) is 112 cm³/mol. The molecule has 0 spiro atoms. The number of nitrogens with two attached hydrogens (primary N) is 1. The van der Waals surface area contributed by atoms with Crippen LogP contribution >= 0.6 is 23.4 Å². The highest BCUT2D eigenvalue weighted by atomic mass is 35.5. The number of hydrogen-bond donors (Lipinski definition) is 1. The summed E-state index contributed by atoms with van der Waals surface area (Å²) in [7, 11) is 0. The molecule has 6 nitrogen and oxygen atoms in total. The fourth-order valence-corrected chi connectivity index (χ4v) is 4.15. The topological polar surface area (TPSA) is 78.8 Å². The molecule has 0 fully saturated rings. The van der Waals surface area contributed by atoms with Gasteiger partial charge in [-0.15, -0.1) is 13.2 Å². The minimum Gasteiger partial charge on any atom is -0.406 e. The van der Waals surface area contributed by atoms with E-state index in [0.717, 1.165) is 23.4 Å². The van der Waals surface area contributed by atoms with Crippen LogP contribution in [0, 0.1) is 0 Å². The maximum atomic E-state index is 12.6. The van der Waals surface area contributed by atoms with Gasteiger partial charge in [-0.1, -0.05) is 41.9 Å². The van der Waals surface area contributed by atoms with E-state index in [2.05, 4.69) is 19.7 Å². The number of imidazole rings is 1. The monoisotopic (exact) mass is 465 g/mol. The number of hydrogen-bond acceptors (Lipinski definition) is 6. The largest absolute Gasteiger partial charge is 0.573 e. The van der Waals surface area contributed by atoms with E-state index in [1.165, 1.54) is 18.5 Å². The van der Waals surface area contributed by atoms with E-state index in [9.17, 15) is 13.2 Å². The maximum Gasteiger partial charge on any atom is 0.573 e. The zero-order valence-corrected chi connectivity index (χ0v) is 17.4. The van der Waals surface area contributed by atoms with Crippen molar-refractivity contribution in [3.8, 4) is 5.75 Å². The molecule has 0 aliphatic rings. The molecule has 0 saturated carbocycles. The Morgan fingerprint density at radius 1 is 1.10 bits per heavy atom. The van der Waals surface area contributed by atoms with Gasteiger partial charge >= 0.3 is 6.36 Å². The third-order valence-electron chi connectivity index (χ3n) is 4.33. The summed E-state index contributed by atoms with van der Waals surface area (Å²) in [6.07, 6.45) is -2.77. The van der Waals surface area contributed by atoms with Gasteiger partial charge in [-0.3, -0.25) is 0 Å². The second-order valence-corrected chi connectivity index (χ2v) is 7.87. The second kappa shape index (κ2) is 8.64. The van der Waals surface area contributed by atoms with Crippen LogP contribution in [0.25, 0.3) is 11.2 Å². The third kappa shape index (κ3) is 5.02. The highest BCUT2D eigenvalue weighted by Crippen LogP contribution is 2.38. The van der Waals surface area contributed by atoms with Gasteiger partial charge in [-0.25, -0.2) is 15.0 Å². The molecule has 2 heterocycles. The van der Waals surface area contributed by atoms with Crippen LogP contribution in [0.2, 0.25) is 5.02 Å². The molecule has 0 unspecified atom stereocenters. The number of ether oxygens (including phenoxy) is 1. The fraction of sp³-hybridized carbons (Fsp3) is 0.150. The van der Waals surface area contributed by atoms with Gasteiger partial charge in [0.1, 0.15) is 12.1 Å². The van der Waals surface area contributed by atoms with Crippen LogP contribution in [0.4, 0.5) is 19.0 Å². The molecule has 31 heavy (non-hydrogen) atoms. The fourth-order valence-electron chi connectivity index (χ4n) is 2.96. The molecule has 0 aliphatic carbocycles. The molecule has 0 saturated heterocycles. The molecule has 0 aliphatic heterocycles. The number of rotatable bonds is 6.